The van der Waals surface area contributed by atoms with E-state index in [4.69, 9.17) is 5.73 Å². The van der Waals surface area contributed by atoms with Gasteiger partial charge in [0.25, 0.3) is 0 Å². The smallest absolute Gasteiger partial charge is 0.244 e. The van der Waals surface area contributed by atoms with Crippen molar-refractivity contribution >= 4 is 5.91 Å². The zero-order valence-electron chi connectivity index (χ0n) is 7.77. The Morgan fingerprint density at radius 2 is 1.91 bits per heavy atom. The summed E-state index contributed by atoms with van der Waals surface area (Å²) in [4.78, 5) is 10.6. The Morgan fingerprint density at radius 1 is 1.45 bits per heavy atom. The van der Waals surface area contributed by atoms with Crippen LogP contribution in [0.25, 0.3) is 0 Å². The number of rotatable bonds is 2. The molecule has 0 spiro atoms. The highest BCUT2D eigenvalue weighted by Gasteiger charge is 2.08. The number of nitrogens with two attached hydrogens (primary N) is 1. The standard InChI is InChI=1S/C9H17NO/c1-7(8(10)11)5-6-9(2,3)4/h5H,6H2,1-4H3,(H2,10,11)/b7-5+. The molecule has 64 valence electrons. The van der Waals surface area contributed by atoms with Gasteiger partial charge in [0.05, 0.1) is 0 Å². The van der Waals surface area contributed by atoms with E-state index in [1.807, 2.05) is 6.08 Å². The van der Waals surface area contributed by atoms with Crippen molar-refractivity contribution in [3.63, 3.8) is 0 Å². The molecule has 2 N–H and O–H groups in total. The molecule has 0 saturated carbocycles. The Balaban J connectivity index is 4.04. The molecule has 0 radical (unpaired) electrons. The van der Waals surface area contributed by atoms with Crippen molar-refractivity contribution in [3.8, 4) is 0 Å². The van der Waals surface area contributed by atoms with Gasteiger partial charge in [0.15, 0.2) is 0 Å². The minimum absolute atomic E-state index is 0.233. The summed E-state index contributed by atoms with van der Waals surface area (Å²) in [6, 6.07) is 0. The quantitative estimate of drug-likeness (QED) is 0.608. The van der Waals surface area contributed by atoms with Crippen molar-refractivity contribution in [2.24, 2.45) is 11.1 Å². The molecule has 2 nitrogen and oxygen atoms in total. The maximum atomic E-state index is 10.6. The highest BCUT2D eigenvalue weighted by atomic mass is 16.1. The Labute approximate surface area is 68.5 Å². The van der Waals surface area contributed by atoms with E-state index in [1.54, 1.807) is 6.92 Å². The van der Waals surface area contributed by atoms with E-state index in [-0.39, 0.29) is 11.3 Å². The average molecular weight is 155 g/mol. The molecule has 0 unspecified atom stereocenters. The van der Waals surface area contributed by atoms with E-state index < -0.39 is 0 Å². The van der Waals surface area contributed by atoms with E-state index in [0.717, 1.165) is 6.42 Å². The summed E-state index contributed by atoms with van der Waals surface area (Å²) >= 11 is 0. The number of primary amides is 1. The second kappa shape index (κ2) is 3.56. The number of carbonyl (C=O) groups excluding carboxylic acids is 1. The molecule has 0 aromatic rings. The third-order valence-corrected chi connectivity index (χ3v) is 1.41. The van der Waals surface area contributed by atoms with Crippen LogP contribution in [-0.2, 0) is 4.79 Å². The highest BCUT2D eigenvalue weighted by Crippen LogP contribution is 2.19. The number of amides is 1. The van der Waals surface area contributed by atoms with Gasteiger partial charge in [-0.05, 0) is 18.8 Å². The van der Waals surface area contributed by atoms with Crippen LogP contribution in [0.4, 0.5) is 0 Å². The maximum Gasteiger partial charge on any atom is 0.244 e. The minimum atomic E-state index is -0.325. The Morgan fingerprint density at radius 3 is 2.18 bits per heavy atom. The van der Waals surface area contributed by atoms with Crippen LogP contribution in [-0.4, -0.2) is 5.91 Å². The molecule has 0 bridgehead atoms. The SMILES string of the molecule is C/C(=C\CC(C)(C)C)C(N)=O. The predicted molar refractivity (Wildman–Crippen MR) is 47.0 cm³/mol. The lowest BCUT2D eigenvalue weighted by atomic mass is 9.91. The van der Waals surface area contributed by atoms with E-state index >= 15 is 0 Å². The van der Waals surface area contributed by atoms with Crippen LogP contribution in [0.15, 0.2) is 11.6 Å². The molecule has 0 aliphatic carbocycles. The number of hydrogen-bond donors (Lipinski definition) is 1. The molecule has 0 aromatic carbocycles. The molecular weight excluding hydrogens is 138 g/mol. The van der Waals surface area contributed by atoms with Gasteiger partial charge in [-0.3, -0.25) is 4.79 Å². The van der Waals surface area contributed by atoms with Gasteiger partial charge in [-0.2, -0.15) is 0 Å². The molecule has 0 atom stereocenters. The van der Waals surface area contributed by atoms with Crippen LogP contribution in [0.5, 0.6) is 0 Å². The van der Waals surface area contributed by atoms with Gasteiger partial charge >= 0.3 is 0 Å². The molecule has 0 saturated heterocycles. The van der Waals surface area contributed by atoms with Crippen LogP contribution in [0, 0.1) is 5.41 Å². The summed E-state index contributed by atoms with van der Waals surface area (Å²) in [7, 11) is 0. The van der Waals surface area contributed by atoms with Gasteiger partial charge in [0.2, 0.25) is 5.91 Å². The van der Waals surface area contributed by atoms with Gasteiger partial charge in [-0.1, -0.05) is 26.8 Å². The first-order chi connectivity index (χ1) is 4.83. The number of hydrogen-bond acceptors (Lipinski definition) is 1. The normalized spacial score (nSPS) is 13.3. The molecule has 0 aromatic heterocycles. The first-order valence-electron chi connectivity index (χ1n) is 3.79. The van der Waals surface area contributed by atoms with Gasteiger partial charge in [0.1, 0.15) is 0 Å². The summed E-state index contributed by atoms with van der Waals surface area (Å²) < 4.78 is 0. The molecular formula is C9H17NO. The van der Waals surface area contributed by atoms with Crippen molar-refractivity contribution in [3.05, 3.63) is 11.6 Å². The van der Waals surface area contributed by atoms with Crippen LogP contribution in [0.1, 0.15) is 34.1 Å². The van der Waals surface area contributed by atoms with Gasteiger partial charge in [0, 0.05) is 5.57 Å². The van der Waals surface area contributed by atoms with Gasteiger partial charge in [-0.25, -0.2) is 0 Å². The summed E-state index contributed by atoms with van der Waals surface area (Å²) in [5, 5.41) is 0. The minimum Gasteiger partial charge on any atom is -0.366 e. The summed E-state index contributed by atoms with van der Waals surface area (Å²) in [6.45, 7) is 8.11. The zero-order chi connectivity index (χ0) is 9.07. The molecule has 0 fully saturated rings. The lowest BCUT2D eigenvalue weighted by Crippen LogP contribution is -2.12. The Hall–Kier alpha value is -0.790. The van der Waals surface area contributed by atoms with Crippen molar-refractivity contribution in [1.29, 1.82) is 0 Å². The summed E-state index contributed by atoms with van der Waals surface area (Å²) in [5.74, 6) is -0.325. The number of carbonyl (C=O) groups is 1. The highest BCUT2D eigenvalue weighted by molar-refractivity contribution is 5.91. The molecule has 0 heterocycles. The molecule has 0 rings (SSSR count). The second-order valence-electron chi connectivity index (χ2n) is 4.02. The van der Waals surface area contributed by atoms with Crippen molar-refractivity contribution in [2.45, 2.75) is 34.1 Å². The Bertz CT molecular complexity index is 174. The molecule has 0 aliphatic rings. The lowest BCUT2D eigenvalue weighted by molar-refractivity contribution is -0.114. The third kappa shape index (κ3) is 5.64. The zero-order valence-corrected chi connectivity index (χ0v) is 7.77. The third-order valence-electron chi connectivity index (χ3n) is 1.41. The van der Waals surface area contributed by atoms with E-state index in [9.17, 15) is 4.79 Å². The van der Waals surface area contributed by atoms with Crippen molar-refractivity contribution in [1.82, 2.24) is 0 Å². The first-order valence-corrected chi connectivity index (χ1v) is 3.79. The van der Waals surface area contributed by atoms with E-state index in [0.29, 0.717) is 5.57 Å². The molecule has 0 aliphatic heterocycles. The first kappa shape index (κ1) is 10.2. The Kier molecular flexibility index (Phi) is 3.30. The fourth-order valence-corrected chi connectivity index (χ4v) is 0.560. The van der Waals surface area contributed by atoms with Crippen molar-refractivity contribution in [2.75, 3.05) is 0 Å². The van der Waals surface area contributed by atoms with E-state index in [1.165, 1.54) is 0 Å². The van der Waals surface area contributed by atoms with Crippen LogP contribution in [0.3, 0.4) is 0 Å². The fraction of sp³-hybridized carbons (Fsp3) is 0.667. The molecule has 1 amide bonds. The van der Waals surface area contributed by atoms with Gasteiger partial charge < -0.3 is 5.73 Å². The fourth-order valence-electron chi connectivity index (χ4n) is 0.560. The maximum absolute atomic E-state index is 10.6. The molecule has 2 heteroatoms. The largest absolute Gasteiger partial charge is 0.366 e. The summed E-state index contributed by atoms with van der Waals surface area (Å²) in [5.41, 5.74) is 5.94. The average Bonchev–Trinajstić information content (AvgIpc) is 1.80. The van der Waals surface area contributed by atoms with Crippen molar-refractivity contribution < 1.29 is 4.79 Å². The summed E-state index contributed by atoms with van der Waals surface area (Å²) in [6.07, 6.45) is 2.78. The van der Waals surface area contributed by atoms with E-state index in [2.05, 4.69) is 20.8 Å². The molecule has 11 heavy (non-hydrogen) atoms. The van der Waals surface area contributed by atoms with Crippen LogP contribution < -0.4 is 5.73 Å². The van der Waals surface area contributed by atoms with Gasteiger partial charge in [-0.15, -0.1) is 0 Å². The van der Waals surface area contributed by atoms with Crippen LogP contribution in [0.2, 0.25) is 0 Å². The topological polar surface area (TPSA) is 43.1 Å². The monoisotopic (exact) mass is 155 g/mol. The second-order valence-corrected chi connectivity index (χ2v) is 4.02. The van der Waals surface area contributed by atoms with Crippen LogP contribution >= 0.6 is 0 Å². The number of allylic oxidation sites excluding steroid dienone is 1. The predicted octanol–water partition coefficient (Wildman–Crippen LogP) is 1.85. The lowest BCUT2D eigenvalue weighted by Gasteiger charge is -2.14.